The summed E-state index contributed by atoms with van der Waals surface area (Å²) in [5, 5.41) is 10.5. The lowest BCUT2D eigenvalue weighted by molar-refractivity contribution is -0.145. The second kappa shape index (κ2) is 10.9. The quantitative estimate of drug-likeness (QED) is 0.288. The standard InChI is InChI=1S/C18H19N3O7S/c1-4-27-15(23)10-28-16-11(6-5-7-12(16)25-2)9-19-21-18-20-17(24)13(29-18)8-14(22)26-3/h5-9H,4,10H2,1-3H3,(H,20,21,24)/b13-8+,19-9?. The number of nitrogens with zero attached hydrogens (tertiary/aromatic N) is 2. The van der Waals surface area contributed by atoms with Crippen molar-refractivity contribution in [3.8, 4) is 11.5 Å². The van der Waals surface area contributed by atoms with E-state index in [2.05, 4.69) is 20.3 Å². The summed E-state index contributed by atoms with van der Waals surface area (Å²) in [5.41, 5.74) is 0.498. The first kappa shape index (κ1) is 22.0. The number of amides is 1. The summed E-state index contributed by atoms with van der Waals surface area (Å²) >= 11 is 0.948. The van der Waals surface area contributed by atoms with E-state index in [1.54, 1.807) is 25.1 Å². The Morgan fingerprint density at radius 3 is 2.76 bits per heavy atom. The van der Waals surface area contributed by atoms with E-state index in [1.165, 1.54) is 20.4 Å². The Kier molecular flexibility index (Phi) is 8.22. The van der Waals surface area contributed by atoms with Gasteiger partial charge in [0.2, 0.25) is 0 Å². The molecule has 0 unspecified atom stereocenters. The molecule has 1 N–H and O–H groups in total. The summed E-state index contributed by atoms with van der Waals surface area (Å²) in [7, 11) is 2.68. The maximum atomic E-state index is 11.8. The van der Waals surface area contributed by atoms with Crippen LogP contribution in [0.4, 0.5) is 0 Å². The summed E-state index contributed by atoms with van der Waals surface area (Å²) in [6.07, 6.45) is 2.44. The van der Waals surface area contributed by atoms with Crippen LogP contribution in [-0.2, 0) is 23.9 Å². The lowest BCUT2D eigenvalue weighted by Gasteiger charge is -2.12. The molecule has 0 aliphatic carbocycles. The lowest BCUT2D eigenvalue weighted by Crippen LogP contribution is -2.19. The van der Waals surface area contributed by atoms with E-state index in [1.807, 2.05) is 0 Å². The molecule has 0 aromatic heterocycles. The number of hydrogen-bond donors (Lipinski definition) is 1. The maximum absolute atomic E-state index is 11.8. The minimum absolute atomic E-state index is 0.144. The molecule has 2 rings (SSSR count). The molecule has 0 atom stereocenters. The van der Waals surface area contributed by atoms with Gasteiger partial charge in [0.15, 0.2) is 23.3 Å². The number of benzene rings is 1. The van der Waals surface area contributed by atoms with Crippen LogP contribution in [0.1, 0.15) is 12.5 Å². The molecule has 1 heterocycles. The van der Waals surface area contributed by atoms with Gasteiger partial charge in [-0.2, -0.15) is 5.10 Å². The normalized spacial score (nSPS) is 16.2. The van der Waals surface area contributed by atoms with Crippen molar-refractivity contribution in [2.75, 3.05) is 27.4 Å². The predicted octanol–water partition coefficient (Wildman–Crippen LogP) is 1.25. The predicted molar refractivity (Wildman–Crippen MR) is 106 cm³/mol. The number of hydrogen-bond acceptors (Lipinski definition) is 10. The number of methoxy groups -OCH3 is 2. The largest absolute Gasteiger partial charge is 0.493 e. The minimum atomic E-state index is -0.646. The van der Waals surface area contributed by atoms with Crippen LogP contribution in [-0.4, -0.2) is 56.7 Å². The number of carbonyl (C=O) groups excluding carboxylic acids is 3. The molecule has 1 aromatic carbocycles. The highest BCUT2D eigenvalue weighted by Gasteiger charge is 2.25. The molecule has 0 spiro atoms. The molecule has 1 aliphatic heterocycles. The number of ether oxygens (including phenoxy) is 4. The van der Waals surface area contributed by atoms with Crippen molar-refractivity contribution in [2.24, 2.45) is 10.2 Å². The molecule has 1 fully saturated rings. The zero-order chi connectivity index (χ0) is 21.2. The summed E-state index contributed by atoms with van der Waals surface area (Å²) in [5.74, 6) is -0.947. The molecule has 11 heteroatoms. The Labute approximate surface area is 170 Å². The van der Waals surface area contributed by atoms with Crippen molar-refractivity contribution in [1.82, 2.24) is 5.32 Å². The molecule has 154 valence electrons. The number of thioether (sulfide) groups is 1. The number of rotatable bonds is 8. The zero-order valence-corrected chi connectivity index (χ0v) is 16.8. The number of para-hydroxylation sites is 1. The van der Waals surface area contributed by atoms with Crippen molar-refractivity contribution >= 4 is 41.0 Å². The van der Waals surface area contributed by atoms with Crippen LogP contribution in [0.5, 0.6) is 11.5 Å². The maximum Gasteiger partial charge on any atom is 0.344 e. The Morgan fingerprint density at radius 1 is 1.28 bits per heavy atom. The second-order valence-corrected chi connectivity index (χ2v) is 6.24. The van der Waals surface area contributed by atoms with E-state index in [0.717, 1.165) is 17.8 Å². The first-order valence-electron chi connectivity index (χ1n) is 8.33. The number of nitrogens with one attached hydrogen (secondary N) is 1. The molecule has 0 saturated carbocycles. The van der Waals surface area contributed by atoms with Gasteiger partial charge in [-0.05, 0) is 30.8 Å². The number of esters is 2. The highest BCUT2D eigenvalue weighted by Crippen LogP contribution is 2.30. The van der Waals surface area contributed by atoms with E-state index < -0.39 is 17.8 Å². The molecule has 1 amide bonds. The van der Waals surface area contributed by atoms with Crippen molar-refractivity contribution in [3.05, 3.63) is 34.7 Å². The second-order valence-electron chi connectivity index (χ2n) is 5.21. The van der Waals surface area contributed by atoms with Crippen molar-refractivity contribution < 1.29 is 33.3 Å². The van der Waals surface area contributed by atoms with Gasteiger partial charge >= 0.3 is 11.9 Å². The van der Waals surface area contributed by atoms with Crippen LogP contribution in [0.3, 0.4) is 0 Å². The van der Waals surface area contributed by atoms with Crippen LogP contribution < -0.4 is 14.8 Å². The Balaban J connectivity index is 2.15. The molecular weight excluding hydrogens is 402 g/mol. The van der Waals surface area contributed by atoms with Crippen LogP contribution in [0.2, 0.25) is 0 Å². The van der Waals surface area contributed by atoms with Gasteiger partial charge in [0.05, 0.1) is 31.9 Å². The van der Waals surface area contributed by atoms with Gasteiger partial charge in [-0.1, -0.05) is 6.07 Å². The van der Waals surface area contributed by atoms with Crippen LogP contribution in [0, 0.1) is 0 Å². The van der Waals surface area contributed by atoms with Crippen LogP contribution >= 0.6 is 11.8 Å². The third kappa shape index (κ3) is 6.35. The van der Waals surface area contributed by atoms with Crippen molar-refractivity contribution in [2.45, 2.75) is 6.92 Å². The number of amidine groups is 1. The van der Waals surface area contributed by atoms with Crippen LogP contribution in [0.25, 0.3) is 0 Å². The zero-order valence-electron chi connectivity index (χ0n) is 16.0. The topological polar surface area (TPSA) is 125 Å². The van der Waals surface area contributed by atoms with E-state index in [0.29, 0.717) is 17.1 Å². The first-order valence-corrected chi connectivity index (χ1v) is 9.15. The van der Waals surface area contributed by atoms with Gasteiger partial charge in [0.1, 0.15) is 0 Å². The highest BCUT2D eigenvalue weighted by atomic mass is 32.2. The summed E-state index contributed by atoms with van der Waals surface area (Å²) in [4.78, 5) is 34.7. The smallest absolute Gasteiger partial charge is 0.344 e. The molecule has 0 bridgehead atoms. The van der Waals surface area contributed by atoms with Crippen molar-refractivity contribution in [1.29, 1.82) is 0 Å². The van der Waals surface area contributed by atoms with E-state index in [4.69, 9.17) is 14.2 Å². The summed E-state index contributed by atoms with van der Waals surface area (Å²) < 4.78 is 20.1. The Hall–Kier alpha value is -3.34. The minimum Gasteiger partial charge on any atom is -0.493 e. The molecular formula is C18H19N3O7S. The molecule has 1 saturated heterocycles. The van der Waals surface area contributed by atoms with Gasteiger partial charge < -0.3 is 18.9 Å². The SMILES string of the molecule is CCOC(=O)COc1c(C=N/N=C2/NC(=O)/C(=C\C(=O)OC)S2)cccc1OC. The molecule has 10 nitrogen and oxygen atoms in total. The Bertz CT molecular complexity index is 880. The van der Waals surface area contributed by atoms with Gasteiger partial charge in [0, 0.05) is 11.6 Å². The van der Waals surface area contributed by atoms with E-state index in [-0.39, 0.29) is 23.3 Å². The number of carbonyl (C=O) groups is 3. The monoisotopic (exact) mass is 421 g/mol. The summed E-state index contributed by atoms with van der Waals surface area (Å²) in [6.45, 7) is 1.65. The van der Waals surface area contributed by atoms with E-state index in [9.17, 15) is 14.4 Å². The molecule has 29 heavy (non-hydrogen) atoms. The van der Waals surface area contributed by atoms with E-state index >= 15 is 0 Å². The van der Waals surface area contributed by atoms with Crippen molar-refractivity contribution in [3.63, 3.8) is 0 Å². The highest BCUT2D eigenvalue weighted by molar-refractivity contribution is 8.18. The van der Waals surface area contributed by atoms with Gasteiger partial charge in [0.25, 0.3) is 5.91 Å². The summed E-state index contributed by atoms with van der Waals surface area (Å²) in [6, 6.07) is 5.07. The van der Waals surface area contributed by atoms with Crippen LogP contribution in [0.15, 0.2) is 39.4 Å². The van der Waals surface area contributed by atoms with Gasteiger partial charge in [-0.15, -0.1) is 5.10 Å². The van der Waals surface area contributed by atoms with Gasteiger partial charge in [-0.25, -0.2) is 9.59 Å². The molecule has 1 aliphatic rings. The fraction of sp³-hybridized carbons (Fsp3) is 0.278. The molecule has 0 radical (unpaired) electrons. The molecule has 1 aromatic rings. The fourth-order valence-corrected chi connectivity index (χ4v) is 2.81. The Morgan fingerprint density at radius 2 is 2.07 bits per heavy atom. The first-order chi connectivity index (χ1) is 14.0. The average molecular weight is 421 g/mol. The fourth-order valence-electron chi connectivity index (χ4n) is 2.07. The average Bonchev–Trinajstić information content (AvgIpc) is 3.05. The van der Waals surface area contributed by atoms with Gasteiger partial charge in [-0.3, -0.25) is 10.1 Å². The third-order valence-electron chi connectivity index (χ3n) is 3.32. The lowest BCUT2D eigenvalue weighted by atomic mass is 10.2. The third-order valence-corrected chi connectivity index (χ3v) is 4.22.